The molecule has 0 saturated heterocycles. The molecule has 2 aliphatic rings. The van der Waals surface area contributed by atoms with E-state index in [0.29, 0.717) is 6.54 Å². The fourth-order valence-electron chi connectivity index (χ4n) is 2.95. The van der Waals surface area contributed by atoms with Crippen LogP contribution < -0.4 is 0 Å². The molecule has 7 nitrogen and oxygen atoms in total. The molecule has 2 aliphatic heterocycles. The lowest BCUT2D eigenvalue weighted by atomic mass is 9.86. The van der Waals surface area contributed by atoms with Crippen molar-refractivity contribution in [1.82, 2.24) is 5.01 Å². The lowest BCUT2D eigenvalue weighted by Crippen LogP contribution is -2.51. The predicted molar refractivity (Wildman–Crippen MR) is 75.6 cm³/mol. The van der Waals surface area contributed by atoms with Gasteiger partial charge in [-0.05, 0) is 25.0 Å². The van der Waals surface area contributed by atoms with Crippen LogP contribution in [0.3, 0.4) is 0 Å². The molecule has 2 heterocycles. The van der Waals surface area contributed by atoms with E-state index in [1.54, 1.807) is 18.9 Å². The molecule has 0 N–H and O–H groups in total. The van der Waals surface area contributed by atoms with Crippen molar-refractivity contribution in [3.63, 3.8) is 0 Å². The third kappa shape index (κ3) is 1.88. The Kier molecular flexibility index (Phi) is 3.56. The standard InChI is InChI=1S/C15H17N3O4/c1-3-21-13(19)15(14(20)22-4-2)12-11-8-6-5-7-10(11)9-18(12)17-16-15/h5-8,12H,3-4,9H2,1-2H3. The normalized spacial score (nSPS) is 20.5. The highest BCUT2D eigenvalue weighted by Crippen LogP contribution is 2.48. The fraction of sp³-hybridized carbons (Fsp3) is 0.467. The number of nitrogens with zero attached hydrogens (tertiary/aromatic N) is 3. The Labute approximate surface area is 127 Å². The van der Waals surface area contributed by atoms with Crippen LogP contribution in [0.25, 0.3) is 0 Å². The maximum absolute atomic E-state index is 12.5. The van der Waals surface area contributed by atoms with E-state index in [0.717, 1.165) is 11.1 Å². The Bertz CT molecular complexity index is 625. The molecule has 116 valence electrons. The Hall–Kier alpha value is -2.44. The van der Waals surface area contributed by atoms with Crippen molar-refractivity contribution in [1.29, 1.82) is 0 Å². The summed E-state index contributed by atoms with van der Waals surface area (Å²) in [5.74, 6) is -1.44. The highest BCUT2D eigenvalue weighted by Gasteiger charge is 2.64. The first-order chi connectivity index (χ1) is 10.6. The lowest BCUT2D eigenvalue weighted by Gasteiger charge is -2.27. The zero-order valence-electron chi connectivity index (χ0n) is 12.5. The Morgan fingerprint density at radius 3 is 2.50 bits per heavy atom. The summed E-state index contributed by atoms with van der Waals surface area (Å²) in [4.78, 5) is 25.1. The molecule has 1 aromatic carbocycles. The topological polar surface area (TPSA) is 80.6 Å². The van der Waals surface area contributed by atoms with Crippen LogP contribution in [0.2, 0.25) is 0 Å². The van der Waals surface area contributed by atoms with E-state index in [-0.39, 0.29) is 13.2 Å². The van der Waals surface area contributed by atoms with Crippen molar-refractivity contribution < 1.29 is 19.1 Å². The van der Waals surface area contributed by atoms with Crippen LogP contribution in [0, 0.1) is 0 Å². The molecular formula is C15H17N3O4. The minimum Gasteiger partial charge on any atom is -0.464 e. The van der Waals surface area contributed by atoms with Gasteiger partial charge in [0.25, 0.3) is 0 Å². The number of ether oxygens (including phenoxy) is 2. The molecule has 1 unspecified atom stereocenters. The van der Waals surface area contributed by atoms with Crippen LogP contribution in [0.5, 0.6) is 0 Å². The Balaban J connectivity index is 2.09. The van der Waals surface area contributed by atoms with Gasteiger partial charge in [-0.15, -0.1) is 5.11 Å². The molecule has 1 atom stereocenters. The van der Waals surface area contributed by atoms with E-state index < -0.39 is 23.5 Å². The van der Waals surface area contributed by atoms with Crippen LogP contribution in [-0.4, -0.2) is 35.7 Å². The van der Waals surface area contributed by atoms with Gasteiger partial charge in [0, 0.05) is 0 Å². The maximum atomic E-state index is 12.5. The van der Waals surface area contributed by atoms with Gasteiger partial charge in [-0.2, -0.15) is 0 Å². The highest BCUT2D eigenvalue weighted by atomic mass is 16.6. The molecule has 0 bridgehead atoms. The number of carbonyl (C=O) groups excluding carboxylic acids is 2. The quantitative estimate of drug-likeness (QED) is 0.625. The number of hydrogen-bond acceptors (Lipinski definition) is 7. The van der Waals surface area contributed by atoms with E-state index in [9.17, 15) is 9.59 Å². The third-order valence-corrected chi connectivity index (χ3v) is 3.87. The van der Waals surface area contributed by atoms with Gasteiger partial charge >= 0.3 is 17.5 Å². The second kappa shape index (κ2) is 5.40. The van der Waals surface area contributed by atoms with Crippen LogP contribution in [0.1, 0.15) is 31.0 Å². The minimum atomic E-state index is -1.78. The summed E-state index contributed by atoms with van der Waals surface area (Å²) in [6.45, 7) is 4.19. The molecule has 7 heteroatoms. The summed E-state index contributed by atoms with van der Waals surface area (Å²) in [6.07, 6.45) is 0. The van der Waals surface area contributed by atoms with E-state index >= 15 is 0 Å². The van der Waals surface area contributed by atoms with Gasteiger partial charge in [0.15, 0.2) is 0 Å². The highest BCUT2D eigenvalue weighted by molar-refractivity contribution is 6.06. The van der Waals surface area contributed by atoms with Crippen molar-refractivity contribution in [3.05, 3.63) is 35.4 Å². The first kappa shape index (κ1) is 14.5. The zero-order chi connectivity index (χ0) is 15.7. The van der Waals surface area contributed by atoms with Crippen molar-refractivity contribution in [2.75, 3.05) is 13.2 Å². The van der Waals surface area contributed by atoms with Crippen LogP contribution in [-0.2, 0) is 25.6 Å². The predicted octanol–water partition coefficient (Wildman–Crippen LogP) is 1.79. The molecule has 3 rings (SSSR count). The molecule has 0 aliphatic carbocycles. The Morgan fingerprint density at radius 2 is 1.86 bits per heavy atom. The third-order valence-electron chi connectivity index (χ3n) is 3.87. The van der Waals surface area contributed by atoms with Crippen LogP contribution >= 0.6 is 0 Å². The summed E-state index contributed by atoms with van der Waals surface area (Å²) in [7, 11) is 0. The number of rotatable bonds is 4. The van der Waals surface area contributed by atoms with Crippen LogP contribution in [0.4, 0.5) is 0 Å². The van der Waals surface area contributed by atoms with E-state index in [1.807, 2.05) is 24.3 Å². The van der Waals surface area contributed by atoms with Gasteiger partial charge in [0.2, 0.25) is 0 Å². The number of fused-ring (bicyclic) bond motifs is 3. The average molecular weight is 303 g/mol. The van der Waals surface area contributed by atoms with Gasteiger partial charge in [0.05, 0.1) is 19.8 Å². The summed E-state index contributed by atoms with van der Waals surface area (Å²) in [6, 6.07) is 6.99. The zero-order valence-corrected chi connectivity index (χ0v) is 12.5. The van der Waals surface area contributed by atoms with Gasteiger partial charge in [0.1, 0.15) is 6.04 Å². The van der Waals surface area contributed by atoms with Gasteiger partial charge in [-0.25, -0.2) is 9.59 Å². The lowest BCUT2D eigenvalue weighted by molar-refractivity contribution is -0.166. The monoisotopic (exact) mass is 303 g/mol. The SMILES string of the molecule is CCOC(=O)C1(C(=O)OCC)N=NN2Cc3ccccc3C21. The molecule has 1 aromatic rings. The average Bonchev–Trinajstić information content (AvgIpc) is 3.05. The molecule has 22 heavy (non-hydrogen) atoms. The van der Waals surface area contributed by atoms with Crippen molar-refractivity contribution in [2.24, 2.45) is 10.3 Å². The first-order valence-corrected chi connectivity index (χ1v) is 7.26. The minimum absolute atomic E-state index is 0.157. The largest absolute Gasteiger partial charge is 0.464 e. The molecule has 0 fully saturated rings. The van der Waals surface area contributed by atoms with Gasteiger partial charge in [-0.1, -0.05) is 29.5 Å². The molecule has 0 radical (unpaired) electrons. The second-order valence-corrected chi connectivity index (χ2v) is 5.10. The number of carbonyl (C=O) groups is 2. The Morgan fingerprint density at radius 1 is 1.23 bits per heavy atom. The summed E-state index contributed by atoms with van der Waals surface area (Å²) < 4.78 is 10.2. The molecular weight excluding hydrogens is 286 g/mol. The number of benzene rings is 1. The van der Waals surface area contributed by atoms with Crippen molar-refractivity contribution in [3.8, 4) is 0 Å². The smallest absolute Gasteiger partial charge is 0.350 e. The van der Waals surface area contributed by atoms with Crippen molar-refractivity contribution in [2.45, 2.75) is 32.0 Å². The van der Waals surface area contributed by atoms with Gasteiger partial charge in [-0.3, -0.25) is 5.01 Å². The van der Waals surface area contributed by atoms with E-state index in [2.05, 4.69) is 10.3 Å². The summed E-state index contributed by atoms with van der Waals surface area (Å²) in [5.41, 5.74) is 0.0938. The molecule has 0 amide bonds. The van der Waals surface area contributed by atoms with Crippen LogP contribution in [0.15, 0.2) is 34.6 Å². The molecule has 0 spiro atoms. The molecule has 0 aromatic heterocycles. The van der Waals surface area contributed by atoms with Gasteiger partial charge < -0.3 is 9.47 Å². The van der Waals surface area contributed by atoms with E-state index in [4.69, 9.17) is 9.47 Å². The molecule has 0 saturated carbocycles. The first-order valence-electron chi connectivity index (χ1n) is 7.26. The van der Waals surface area contributed by atoms with Crippen molar-refractivity contribution >= 4 is 11.9 Å². The summed E-state index contributed by atoms with van der Waals surface area (Å²) >= 11 is 0. The number of hydrogen-bond donors (Lipinski definition) is 0. The maximum Gasteiger partial charge on any atom is 0.350 e. The summed E-state index contributed by atoms with van der Waals surface area (Å²) in [5, 5.41) is 9.66. The fourth-order valence-corrected chi connectivity index (χ4v) is 2.95. The van der Waals surface area contributed by atoms with E-state index in [1.165, 1.54) is 0 Å². The number of esters is 2. The second-order valence-electron chi connectivity index (χ2n) is 5.10.